The largest absolute Gasteiger partial charge is 0.496 e. The molecule has 0 aliphatic rings. The zero-order valence-corrected chi connectivity index (χ0v) is 28.1. The van der Waals surface area contributed by atoms with E-state index in [2.05, 4.69) is 41.9 Å². The van der Waals surface area contributed by atoms with Crippen molar-refractivity contribution in [1.82, 2.24) is 14.8 Å². The predicted molar refractivity (Wildman–Crippen MR) is 183 cm³/mol. The number of unbranched alkanes of at least 4 members (excludes halogenated alkanes) is 15. The molecule has 0 amide bonds. The second-order valence-corrected chi connectivity index (χ2v) is 12.4. The number of methoxy groups -OCH3 is 1. The molecule has 0 atom stereocenters. The number of benzene rings is 1. The quantitative estimate of drug-likeness (QED) is 0.105. The molecule has 6 nitrogen and oxygen atoms in total. The molecule has 0 aliphatic carbocycles. The molecule has 0 radical (unpaired) electrons. The highest BCUT2D eigenvalue weighted by molar-refractivity contribution is 5.34. The summed E-state index contributed by atoms with van der Waals surface area (Å²) >= 11 is 0. The average Bonchev–Trinajstić information content (AvgIpc) is 3.00. The topological polar surface area (TPSA) is 55.7 Å². The maximum absolute atomic E-state index is 13.0. The predicted octanol–water partition coefficient (Wildman–Crippen LogP) is 8.59. The van der Waals surface area contributed by atoms with Crippen LogP contribution in [0.15, 0.2) is 41.3 Å². The molecule has 0 unspecified atom stereocenters. The van der Waals surface area contributed by atoms with Gasteiger partial charge in [-0.2, -0.15) is 0 Å². The van der Waals surface area contributed by atoms with Crippen LogP contribution in [0.3, 0.4) is 0 Å². The Bertz CT molecular complexity index is 1020. The van der Waals surface area contributed by atoms with E-state index in [-0.39, 0.29) is 5.43 Å². The lowest BCUT2D eigenvalue weighted by Crippen LogP contribution is -2.24. The maximum atomic E-state index is 13.0. The van der Waals surface area contributed by atoms with Gasteiger partial charge in [-0.25, -0.2) is 0 Å². The molecule has 1 heterocycles. The van der Waals surface area contributed by atoms with Crippen LogP contribution in [-0.4, -0.2) is 50.4 Å². The van der Waals surface area contributed by atoms with E-state index in [1.54, 1.807) is 13.2 Å². The number of aromatic nitrogens is 1. The van der Waals surface area contributed by atoms with Gasteiger partial charge in [-0.05, 0) is 46.1 Å². The smallest absolute Gasteiger partial charge is 0.223 e. The van der Waals surface area contributed by atoms with Gasteiger partial charge in [0.25, 0.3) is 0 Å². The monoisotopic (exact) mass is 597 g/mol. The summed E-state index contributed by atoms with van der Waals surface area (Å²) in [6.07, 6.45) is 24.5. The second kappa shape index (κ2) is 24.1. The van der Waals surface area contributed by atoms with Crippen LogP contribution in [-0.2, 0) is 13.1 Å². The molecule has 0 spiro atoms. The zero-order chi connectivity index (χ0) is 31.0. The summed E-state index contributed by atoms with van der Waals surface area (Å²) < 4.78 is 13.7. The summed E-state index contributed by atoms with van der Waals surface area (Å²) in [5, 5.41) is 3.50. The molecule has 43 heavy (non-hydrogen) atoms. The molecule has 244 valence electrons. The number of ether oxygens (including phenoxy) is 2. The van der Waals surface area contributed by atoms with E-state index in [1.165, 1.54) is 89.9 Å². The fourth-order valence-corrected chi connectivity index (χ4v) is 5.59. The van der Waals surface area contributed by atoms with Crippen molar-refractivity contribution in [3.8, 4) is 11.5 Å². The van der Waals surface area contributed by atoms with Gasteiger partial charge in [-0.3, -0.25) is 4.79 Å². The van der Waals surface area contributed by atoms with E-state index in [4.69, 9.17) is 9.47 Å². The lowest BCUT2D eigenvalue weighted by Gasteiger charge is -2.18. The van der Waals surface area contributed by atoms with Crippen LogP contribution in [0, 0.1) is 0 Å². The van der Waals surface area contributed by atoms with E-state index in [9.17, 15) is 4.79 Å². The molecule has 1 aromatic heterocycles. The Morgan fingerprint density at radius 3 is 1.93 bits per heavy atom. The van der Waals surface area contributed by atoms with Crippen LogP contribution >= 0.6 is 0 Å². The van der Waals surface area contributed by atoms with Gasteiger partial charge >= 0.3 is 0 Å². The van der Waals surface area contributed by atoms with Crippen LogP contribution in [0.5, 0.6) is 11.5 Å². The molecular weight excluding hydrogens is 534 g/mol. The first kappa shape index (κ1) is 36.9. The van der Waals surface area contributed by atoms with Crippen LogP contribution in [0.25, 0.3) is 0 Å². The summed E-state index contributed by atoms with van der Waals surface area (Å²) in [6, 6.07) is 9.78. The Morgan fingerprint density at radius 2 is 1.35 bits per heavy atom. The minimum atomic E-state index is -0.0436. The van der Waals surface area contributed by atoms with Gasteiger partial charge < -0.3 is 24.3 Å². The Balaban J connectivity index is 1.70. The number of hydrogen-bond donors (Lipinski definition) is 1. The first-order chi connectivity index (χ1) is 21.0. The van der Waals surface area contributed by atoms with E-state index in [1.807, 2.05) is 24.4 Å². The highest BCUT2D eigenvalue weighted by Crippen LogP contribution is 2.20. The normalized spacial score (nSPS) is 11.4. The molecule has 1 N–H and O–H groups in total. The van der Waals surface area contributed by atoms with Crippen LogP contribution in [0.2, 0.25) is 0 Å². The van der Waals surface area contributed by atoms with Crippen LogP contribution in [0.4, 0.5) is 0 Å². The van der Waals surface area contributed by atoms with Crippen molar-refractivity contribution in [2.45, 2.75) is 129 Å². The minimum absolute atomic E-state index is 0.0436. The Kier molecular flexibility index (Phi) is 20.6. The first-order valence-corrected chi connectivity index (χ1v) is 17.4. The summed E-state index contributed by atoms with van der Waals surface area (Å²) in [7, 11) is 5.87. The number of rotatable bonds is 27. The summed E-state index contributed by atoms with van der Waals surface area (Å²) in [5.41, 5.74) is 1.99. The van der Waals surface area contributed by atoms with Crippen molar-refractivity contribution in [2.75, 3.05) is 40.9 Å². The van der Waals surface area contributed by atoms with Gasteiger partial charge in [0.15, 0.2) is 5.75 Å². The Hall–Kier alpha value is -2.31. The van der Waals surface area contributed by atoms with Crippen molar-refractivity contribution in [2.24, 2.45) is 0 Å². The fourth-order valence-electron chi connectivity index (χ4n) is 5.59. The highest BCUT2D eigenvalue weighted by Gasteiger charge is 2.11. The third kappa shape index (κ3) is 16.9. The number of hydrogen-bond acceptors (Lipinski definition) is 5. The molecule has 6 heteroatoms. The molecule has 0 fully saturated rings. The van der Waals surface area contributed by atoms with Crippen LogP contribution in [0.1, 0.15) is 127 Å². The Labute approximate surface area is 263 Å². The minimum Gasteiger partial charge on any atom is -0.496 e. The van der Waals surface area contributed by atoms with Crippen molar-refractivity contribution >= 4 is 0 Å². The molecule has 0 bridgehead atoms. The molecule has 1 aromatic carbocycles. The van der Waals surface area contributed by atoms with Crippen molar-refractivity contribution < 1.29 is 9.47 Å². The molecule has 2 aromatic rings. The van der Waals surface area contributed by atoms with E-state index >= 15 is 0 Å². The summed E-state index contributed by atoms with van der Waals surface area (Å²) in [5.74, 6) is 1.29. The lowest BCUT2D eigenvalue weighted by atomic mass is 10.0. The summed E-state index contributed by atoms with van der Waals surface area (Å²) in [6.45, 7) is 6.06. The molecule has 0 saturated carbocycles. The van der Waals surface area contributed by atoms with Gasteiger partial charge in [0, 0.05) is 23.9 Å². The average molecular weight is 598 g/mol. The van der Waals surface area contributed by atoms with Crippen molar-refractivity contribution in [1.29, 1.82) is 0 Å². The Morgan fingerprint density at radius 1 is 0.767 bits per heavy atom. The van der Waals surface area contributed by atoms with Crippen molar-refractivity contribution in [3.05, 3.63) is 58.0 Å². The number of nitrogens with one attached hydrogen (secondary N) is 1. The summed E-state index contributed by atoms with van der Waals surface area (Å²) in [4.78, 5) is 15.1. The zero-order valence-electron chi connectivity index (χ0n) is 28.1. The molecule has 2 rings (SSSR count). The van der Waals surface area contributed by atoms with E-state index in [0.29, 0.717) is 25.4 Å². The van der Waals surface area contributed by atoms with Gasteiger partial charge in [0.05, 0.1) is 26.5 Å². The molecule has 0 saturated heterocycles. The maximum Gasteiger partial charge on any atom is 0.223 e. The second-order valence-electron chi connectivity index (χ2n) is 12.4. The van der Waals surface area contributed by atoms with E-state index in [0.717, 1.165) is 49.4 Å². The SMILES string of the molecule is CCCCCCCCCCCCCCCCCCOc1cn(Cc2ccccc2OC)c(CNCCCN(C)C)cc1=O. The van der Waals surface area contributed by atoms with Crippen LogP contribution < -0.4 is 20.2 Å². The van der Waals surface area contributed by atoms with Gasteiger partial charge in [0.1, 0.15) is 5.75 Å². The van der Waals surface area contributed by atoms with Gasteiger partial charge in [0.2, 0.25) is 5.43 Å². The highest BCUT2D eigenvalue weighted by atomic mass is 16.5. The number of para-hydroxylation sites is 1. The van der Waals surface area contributed by atoms with E-state index < -0.39 is 0 Å². The third-order valence-electron chi connectivity index (χ3n) is 8.24. The lowest BCUT2D eigenvalue weighted by molar-refractivity contribution is 0.298. The standard InChI is InChI=1S/C37H63N3O3/c1-5-6-7-8-9-10-11-12-13-14-15-16-17-18-19-22-28-43-37-32-40(31-33-24-20-21-25-36(33)42-4)34(29-35(37)41)30-38-26-23-27-39(2)3/h20-21,24-25,29,32,38H,5-19,22-23,26-28,30-31H2,1-4H3. The number of pyridine rings is 1. The molecular formula is C37H63N3O3. The van der Waals surface area contributed by atoms with Crippen molar-refractivity contribution in [3.63, 3.8) is 0 Å². The van der Waals surface area contributed by atoms with Gasteiger partial charge in [-0.1, -0.05) is 121 Å². The van der Waals surface area contributed by atoms with Gasteiger partial charge in [-0.15, -0.1) is 0 Å². The third-order valence-corrected chi connectivity index (χ3v) is 8.24. The fraction of sp³-hybridized carbons (Fsp3) is 0.703. The number of nitrogens with zero attached hydrogens (tertiary/aromatic N) is 2. The molecule has 0 aliphatic heterocycles. The first-order valence-electron chi connectivity index (χ1n) is 17.4.